The van der Waals surface area contributed by atoms with Crippen LogP contribution in [0.3, 0.4) is 0 Å². The highest BCUT2D eigenvalue weighted by molar-refractivity contribution is 8.00. The Balaban J connectivity index is 1.90. The normalized spacial score (nSPS) is 14.7. The molecule has 1 atom stereocenters. The Morgan fingerprint density at radius 2 is 2.12 bits per heavy atom. The molecule has 1 aliphatic rings. The largest absolute Gasteiger partial charge is 0.350 e. The van der Waals surface area contributed by atoms with Crippen molar-refractivity contribution < 1.29 is 9.59 Å². The van der Waals surface area contributed by atoms with Crippen molar-refractivity contribution in [1.29, 1.82) is 0 Å². The zero-order chi connectivity index (χ0) is 18.7. The number of nitrogens with zero attached hydrogens (tertiary/aromatic N) is 1. The third kappa shape index (κ3) is 4.22. The zero-order valence-corrected chi connectivity index (χ0v) is 16.4. The van der Waals surface area contributed by atoms with E-state index in [2.05, 4.69) is 5.32 Å². The Morgan fingerprint density at radius 1 is 1.31 bits per heavy atom. The molecule has 2 amide bonds. The summed E-state index contributed by atoms with van der Waals surface area (Å²) in [7, 11) is 0. The van der Waals surface area contributed by atoms with E-state index in [1.54, 1.807) is 4.90 Å². The number of fused-ring (bicyclic) bond motifs is 1. The molecule has 2 aromatic rings. The topological polar surface area (TPSA) is 49.4 Å². The highest BCUT2D eigenvalue weighted by Gasteiger charge is 2.26. The molecule has 0 spiro atoms. The summed E-state index contributed by atoms with van der Waals surface area (Å²) < 4.78 is 0. The van der Waals surface area contributed by atoms with Crippen LogP contribution >= 0.6 is 23.4 Å². The van der Waals surface area contributed by atoms with Crippen LogP contribution in [0.5, 0.6) is 0 Å². The van der Waals surface area contributed by atoms with Gasteiger partial charge in [0.05, 0.1) is 18.0 Å². The van der Waals surface area contributed by atoms with Crippen LogP contribution in [0.25, 0.3) is 0 Å². The first-order chi connectivity index (χ1) is 12.5. The second kappa shape index (κ2) is 8.14. The highest BCUT2D eigenvalue weighted by Crippen LogP contribution is 2.37. The summed E-state index contributed by atoms with van der Waals surface area (Å²) in [4.78, 5) is 27.7. The fourth-order valence-electron chi connectivity index (χ4n) is 2.74. The maximum atomic E-state index is 12.5. The van der Waals surface area contributed by atoms with Crippen molar-refractivity contribution in [1.82, 2.24) is 5.32 Å². The van der Waals surface area contributed by atoms with Crippen LogP contribution < -0.4 is 10.2 Å². The highest BCUT2D eigenvalue weighted by atomic mass is 35.5. The van der Waals surface area contributed by atoms with Crippen molar-refractivity contribution in [3.63, 3.8) is 0 Å². The summed E-state index contributed by atoms with van der Waals surface area (Å²) in [5, 5.41) is 3.61. The number of rotatable bonds is 5. The van der Waals surface area contributed by atoms with Crippen molar-refractivity contribution >= 4 is 40.9 Å². The molecule has 0 fully saturated rings. The lowest BCUT2D eigenvalue weighted by molar-refractivity contribution is -0.116. The third-order valence-electron chi connectivity index (χ3n) is 4.38. The molecule has 2 aromatic carbocycles. The van der Waals surface area contributed by atoms with E-state index in [1.807, 2.05) is 56.3 Å². The minimum Gasteiger partial charge on any atom is -0.350 e. The van der Waals surface area contributed by atoms with Gasteiger partial charge in [-0.15, -0.1) is 11.8 Å². The number of anilines is 1. The standard InChI is InChI=1S/C20H21ClN2O2S/c1-3-13(2)22-20(25)15-7-8-18-17(10-15)23(19(24)12-26-18)11-14-5-4-6-16(21)9-14/h4-10,13H,3,11-12H2,1-2H3,(H,22,25)/t13-/m0/s1. The molecule has 0 unspecified atom stereocenters. The molecule has 0 bridgehead atoms. The summed E-state index contributed by atoms with van der Waals surface area (Å²) in [6.07, 6.45) is 0.867. The summed E-state index contributed by atoms with van der Waals surface area (Å²) in [6, 6.07) is 13.1. The van der Waals surface area contributed by atoms with Gasteiger partial charge in [-0.2, -0.15) is 0 Å². The SMILES string of the molecule is CC[C@H](C)NC(=O)c1ccc2c(c1)N(Cc1cccc(Cl)c1)C(=O)CS2. The molecule has 1 N–H and O–H groups in total. The monoisotopic (exact) mass is 388 g/mol. The van der Waals surface area contributed by atoms with Gasteiger partial charge in [0.15, 0.2) is 0 Å². The molecule has 6 heteroatoms. The molecule has 1 aliphatic heterocycles. The fourth-order valence-corrected chi connectivity index (χ4v) is 3.87. The first-order valence-electron chi connectivity index (χ1n) is 8.60. The fraction of sp³-hybridized carbons (Fsp3) is 0.300. The van der Waals surface area contributed by atoms with Gasteiger partial charge in [-0.1, -0.05) is 30.7 Å². The minimum absolute atomic E-state index is 0.0296. The number of thioether (sulfide) groups is 1. The van der Waals surface area contributed by atoms with Crippen LogP contribution in [0.4, 0.5) is 5.69 Å². The van der Waals surface area contributed by atoms with Crippen molar-refractivity contribution in [2.75, 3.05) is 10.7 Å². The smallest absolute Gasteiger partial charge is 0.251 e. The molecule has 4 nitrogen and oxygen atoms in total. The maximum Gasteiger partial charge on any atom is 0.251 e. The van der Waals surface area contributed by atoms with E-state index < -0.39 is 0 Å². The lowest BCUT2D eigenvalue weighted by Crippen LogP contribution is -2.36. The van der Waals surface area contributed by atoms with Gasteiger partial charge in [0.1, 0.15) is 0 Å². The lowest BCUT2D eigenvalue weighted by atomic mass is 10.1. The Kier molecular flexibility index (Phi) is 5.89. The van der Waals surface area contributed by atoms with Crippen LogP contribution in [-0.4, -0.2) is 23.6 Å². The Bertz CT molecular complexity index is 840. The van der Waals surface area contributed by atoms with Gasteiger partial charge < -0.3 is 10.2 Å². The van der Waals surface area contributed by atoms with E-state index in [0.717, 1.165) is 22.6 Å². The van der Waals surface area contributed by atoms with Gasteiger partial charge in [0.2, 0.25) is 5.91 Å². The number of hydrogen-bond donors (Lipinski definition) is 1. The minimum atomic E-state index is -0.118. The molecular weight excluding hydrogens is 368 g/mol. The second-order valence-corrected chi connectivity index (χ2v) is 7.82. The number of halogens is 1. The predicted octanol–water partition coefficient (Wildman–Crippen LogP) is 4.51. The summed E-state index contributed by atoms with van der Waals surface area (Å²) in [5.74, 6) is 0.307. The molecule has 0 aliphatic carbocycles. The van der Waals surface area contributed by atoms with E-state index >= 15 is 0 Å². The average molecular weight is 389 g/mol. The Morgan fingerprint density at radius 3 is 2.85 bits per heavy atom. The predicted molar refractivity (Wildman–Crippen MR) is 107 cm³/mol. The van der Waals surface area contributed by atoms with Crippen molar-refractivity contribution in [3.05, 3.63) is 58.6 Å². The number of carbonyl (C=O) groups excluding carboxylic acids is 2. The van der Waals surface area contributed by atoms with Crippen LogP contribution in [-0.2, 0) is 11.3 Å². The molecule has 1 heterocycles. The number of benzene rings is 2. The number of amides is 2. The van der Waals surface area contributed by atoms with Gasteiger partial charge in [0.25, 0.3) is 5.91 Å². The number of nitrogens with one attached hydrogen (secondary N) is 1. The van der Waals surface area contributed by atoms with Crippen molar-refractivity contribution in [2.24, 2.45) is 0 Å². The quantitative estimate of drug-likeness (QED) is 0.819. The van der Waals surface area contributed by atoms with Gasteiger partial charge in [-0.05, 0) is 49.2 Å². The number of hydrogen-bond acceptors (Lipinski definition) is 3. The van der Waals surface area contributed by atoms with Crippen molar-refractivity contribution in [3.8, 4) is 0 Å². The summed E-state index contributed by atoms with van der Waals surface area (Å²) in [5.41, 5.74) is 2.30. The molecule has 0 saturated heterocycles. The van der Waals surface area contributed by atoms with Gasteiger partial charge >= 0.3 is 0 Å². The van der Waals surface area contributed by atoms with E-state index in [9.17, 15) is 9.59 Å². The number of carbonyl (C=O) groups is 2. The van der Waals surface area contributed by atoms with Crippen LogP contribution in [0, 0.1) is 0 Å². The maximum absolute atomic E-state index is 12.5. The lowest BCUT2D eigenvalue weighted by Gasteiger charge is -2.29. The molecule has 0 radical (unpaired) electrons. The Hall–Kier alpha value is -1.98. The van der Waals surface area contributed by atoms with E-state index in [-0.39, 0.29) is 17.9 Å². The van der Waals surface area contributed by atoms with Crippen LogP contribution in [0.2, 0.25) is 5.02 Å². The van der Waals surface area contributed by atoms with Crippen LogP contribution in [0.1, 0.15) is 36.2 Å². The van der Waals surface area contributed by atoms with E-state index in [0.29, 0.717) is 22.9 Å². The zero-order valence-electron chi connectivity index (χ0n) is 14.8. The van der Waals surface area contributed by atoms with E-state index in [1.165, 1.54) is 11.8 Å². The summed E-state index contributed by atoms with van der Waals surface area (Å²) in [6.45, 7) is 4.43. The molecule has 0 aromatic heterocycles. The van der Waals surface area contributed by atoms with Crippen molar-refractivity contribution in [2.45, 2.75) is 37.8 Å². The average Bonchev–Trinajstić information content (AvgIpc) is 2.63. The van der Waals surface area contributed by atoms with Gasteiger partial charge in [-0.3, -0.25) is 9.59 Å². The molecular formula is C20H21ClN2O2S. The van der Waals surface area contributed by atoms with Gasteiger partial charge in [0, 0.05) is 21.5 Å². The summed E-state index contributed by atoms with van der Waals surface area (Å²) >= 11 is 7.57. The molecule has 0 saturated carbocycles. The van der Waals surface area contributed by atoms with Crippen LogP contribution in [0.15, 0.2) is 47.4 Å². The molecule has 136 valence electrons. The molecule has 3 rings (SSSR count). The molecule has 26 heavy (non-hydrogen) atoms. The second-order valence-electron chi connectivity index (χ2n) is 6.36. The third-order valence-corrected chi connectivity index (χ3v) is 5.67. The van der Waals surface area contributed by atoms with E-state index in [4.69, 9.17) is 11.6 Å². The Labute approximate surface area is 162 Å². The first kappa shape index (κ1) is 18.8. The first-order valence-corrected chi connectivity index (χ1v) is 9.96. The van der Waals surface area contributed by atoms with Gasteiger partial charge in [-0.25, -0.2) is 0 Å².